The number of ether oxygens (including phenoxy) is 2. The van der Waals surface area contributed by atoms with E-state index in [1.54, 1.807) is 6.92 Å². The molecule has 0 aromatic heterocycles. The summed E-state index contributed by atoms with van der Waals surface area (Å²) in [6.45, 7) is 5.03. The summed E-state index contributed by atoms with van der Waals surface area (Å²) in [6.07, 6.45) is 19.3. The SMILES string of the molecule is CCCCCCCCCCCC(=O)OC[C@H](COP(=O)(O)OCC(O)CC)OC(=O)CCCCCCCCCCC. The van der Waals surface area contributed by atoms with E-state index in [1.807, 2.05) is 0 Å². The lowest BCUT2D eigenvalue weighted by Crippen LogP contribution is -2.29. The van der Waals surface area contributed by atoms with Gasteiger partial charge in [0.2, 0.25) is 0 Å². The second-order valence-electron chi connectivity index (χ2n) is 11.1. The van der Waals surface area contributed by atoms with Gasteiger partial charge >= 0.3 is 19.8 Å². The Labute approximate surface area is 250 Å². The van der Waals surface area contributed by atoms with Crippen molar-refractivity contribution in [2.75, 3.05) is 19.8 Å². The highest BCUT2D eigenvalue weighted by molar-refractivity contribution is 7.47. The average Bonchev–Trinajstić information content (AvgIpc) is 2.95. The van der Waals surface area contributed by atoms with Crippen molar-refractivity contribution in [3.8, 4) is 0 Å². The Hall–Kier alpha value is -0.990. The van der Waals surface area contributed by atoms with Crippen molar-refractivity contribution >= 4 is 19.8 Å². The maximum Gasteiger partial charge on any atom is 0.472 e. The topological polar surface area (TPSA) is 129 Å². The molecule has 9 nitrogen and oxygen atoms in total. The van der Waals surface area contributed by atoms with Crippen LogP contribution in [-0.2, 0) is 32.7 Å². The minimum atomic E-state index is -4.48. The lowest BCUT2D eigenvalue weighted by Gasteiger charge is -2.20. The molecule has 10 heteroatoms. The van der Waals surface area contributed by atoms with Crippen LogP contribution >= 0.6 is 7.82 Å². The van der Waals surface area contributed by atoms with Crippen molar-refractivity contribution in [2.24, 2.45) is 0 Å². The van der Waals surface area contributed by atoms with Crippen molar-refractivity contribution in [1.29, 1.82) is 0 Å². The van der Waals surface area contributed by atoms with Crippen LogP contribution in [0, 0.1) is 0 Å². The van der Waals surface area contributed by atoms with Gasteiger partial charge < -0.3 is 19.5 Å². The summed E-state index contributed by atoms with van der Waals surface area (Å²) in [5.41, 5.74) is 0. The molecule has 0 aliphatic heterocycles. The number of unbranched alkanes of at least 4 members (excludes halogenated alkanes) is 16. The van der Waals surface area contributed by atoms with Gasteiger partial charge in [-0.2, -0.15) is 0 Å². The second kappa shape index (κ2) is 27.8. The Balaban J connectivity index is 4.46. The second-order valence-corrected chi connectivity index (χ2v) is 12.5. The standard InChI is InChI=1S/C31H61O9P/c1-4-7-9-11-13-15-17-19-21-23-30(33)37-26-29(27-39-41(35,36)38-25-28(32)6-3)40-31(34)24-22-20-18-16-14-12-10-8-5-2/h28-29,32H,4-27H2,1-3H3,(H,35,36)/t28?,29-/m1/s1. The summed E-state index contributed by atoms with van der Waals surface area (Å²) in [5.74, 6) is -0.867. The molecule has 0 spiro atoms. The summed E-state index contributed by atoms with van der Waals surface area (Å²) < 4.78 is 32.7. The molecule has 0 bridgehead atoms. The van der Waals surface area contributed by atoms with Gasteiger partial charge in [-0.25, -0.2) is 4.57 Å². The zero-order valence-electron chi connectivity index (χ0n) is 26.3. The first kappa shape index (κ1) is 40.0. The van der Waals surface area contributed by atoms with E-state index in [0.29, 0.717) is 12.8 Å². The van der Waals surface area contributed by atoms with E-state index in [1.165, 1.54) is 70.6 Å². The van der Waals surface area contributed by atoms with Crippen LogP contribution < -0.4 is 0 Å². The maximum absolute atomic E-state index is 12.4. The highest BCUT2D eigenvalue weighted by atomic mass is 31.2. The van der Waals surface area contributed by atoms with Crippen LogP contribution in [0.1, 0.15) is 156 Å². The van der Waals surface area contributed by atoms with E-state index in [2.05, 4.69) is 13.8 Å². The number of aliphatic hydroxyl groups excluding tert-OH is 1. The van der Waals surface area contributed by atoms with E-state index in [-0.39, 0.29) is 26.1 Å². The number of phosphoric acid groups is 1. The molecule has 41 heavy (non-hydrogen) atoms. The molecule has 0 saturated carbocycles. The Morgan fingerprint density at radius 2 is 1.02 bits per heavy atom. The van der Waals surface area contributed by atoms with E-state index >= 15 is 0 Å². The van der Waals surface area contributed by atoms with Gasteiger partial charge in [0, 0.05) is 12.8 Å². The third kappa shape index (κ3) is 27.6. The van der Waals surface area contributed by atoms with Gasteiger partial charge in [0.1, 0.15) is 6.61 Å². The van der Waals surface area contributed by atoms with E-state index in [9.17, 15) is 24.2 Å². The number of carbonyl (C=O) groups is 2. The first-order chi connectivity index (χ1) is 19.7. The normalized spacial score (nSPS) is 14.4. The molecular weight excluding hydrogens is 547 g/mol. The van der Waals surface area contributed by atoms with Crippen LogP contribution in [0.5, 0.6) is 0 Å². The summed E-state index contributed by atoms with van der Waals surface area (Å²) in [4.78, 5) is 34.6. The zero-order valence-corrected chi connectivity index (χ0v) is 27.2. The number of aliphatic hydroxyl groups is 1. The summed E-state index contributed by atoms with van der Waals surface area (Å²) in [5, 5.41) is 9.57. The molecule has 0 aliphatic carbocycles. The zero-order chi connectivity index (χ0) is 30.6. The maximum atomic E-state index is 12.4. The predicted octanol–water partition coefficient (Wildman–Crippen LogP) is 8.19. The molecule has 3 atom stereocenters. The summed E-state index contributed by atoms with van der Waals surface area (Å²) in [7, 11) is -4.48. The quantitative estimate of drug-likeness (QED) is 0.0471. The first-order valence-corrected chi connectivity index (χ1v) is 17.9. The monoisotopic (exact) mass is 608 g/mol. The molecular formula is C31H61O9P. The summed E-state index contributed by atoms with van der Waals surface area (Å²) in [6, 6.07) is 0. The molecule has 0 amide bonds. The number of phosphoric ester groups is 1. The van der Waals surface area contributed by atoms with E-state index < -0.39 is 38.6 Å². The molecule has 0 fully saturated rings. The van der Waals surface area contributed by atoms with Crippen LogP contribution in [0.2, 0.25) is 0 Å². The van der Waals surface area contributed by atoms with Crippen molar-refractivity contribution in [3.63, 3.8) is 0 Å². The van der Waals surface area contributed by atoms with Gasteiger partial charge in [0.15, 0.2) is 6.10 Å². The van der Waals surface area contributed by atoms with Crippen molar-refractivity contribution < 1.29 is 42.7 Å². The Morgan fingerprint density at radius 1 is 0.610 bits per heavy atom. The van der Waals surface area contributed by atoms with Gasteiger partial charge in [-0.1, -0.05) is 124 Å². The molecule has 0 rings (SSSR count). The highest BCUT2D eigenvalue weighted by Gasteiger charge is 2.27. The number of hydrogen-bond donors (Lipinski definition) is 2. The minimum Gasteiger partial charge on any atom is -0.462 e. The lowest BCUT2D eigenvalue weighted by molar-refractivity contribution is -0.161. The molecule has 0 aromatic rings. The number of rotatable bonds is 30. The molecule has 0 aliphatic rings. The van der Waals surface area contributed by atoms with Gasteiger partial charge in [0.05, 0.1) is 19.3 Å². The Kier molecular flexibility index (Phi) is 27.1. The van der Waals surface area contributed by atoms with Crippen LogP contribution in [-0.4, -0.2) is 54.0 Å². The average molecular weight is 609 g/mol. The largest absolute Gasteiger partial charge is 0.472 e. The van der Waals surface area contributed by atoms with Crippen molar-refractivity contribution in [1.82, 2.24) is 0 Å². The van der Waals surface area contributed by atoms with Gasteiger partial charge in [-0.05, 0) is 19.3 Å². The van der Waals surface area contributed by atoms with Gasteiger partial charge in [-0.15, -0.1) is 0 Å². The fraction of sp³-hybridized carbons (Fsp3) is 0.935. The van der Waals surface area contributed by atoms with Crippen LogP contribution in [0.4, 0.5) is 0 Å². The molecule has 0 aromatic carbocycles. The van der Waals surface area contributed by atoms with Gasteiger partial charge in [0.25, 0.3) is 0 Å². The first-order valence-electron chi connectivity index (χ1n) is 16.4. The number of hydrogen-bond acceptors (Lipinski definition) is 8. The van der Waals surface area contributed by atoms with E-state index in [4.69, 9.17) is 18.5 Å². The minimum absolute atomic E-state index is 0.217. The Bertz CT molecular complexity index is 674. The van der Waals surface area contributed by atoms with Crippen LogP contribution in [0.15, 0.2) is 0 Å². The van der Waals surface area contributed by atoms with Crippen LogP contribution in [0.3, 0.4) is 0 Å². The number of carbonyl (C=O) groups excluding carboxylic acids is 2. The predicted molar refractivity (Wildman–Crippen MR) is 163 cm³/mol. The fourth-order valence-corrected chi connectivity index (χ4v) is 5.08. The number of esters is 2. The fourth-order valence-electron chi connectivity index (χ4n) is 4.29. The van der Waals surface area contributed by atoms with E-state index in [0.717, 1.165) is 38.5 Å². The molecule has 2 unspecified atom stereocenters. The third-order valence-electron chi connectivity index (χ3n) is 7.02. The third-order valence-corrected chi connectivity index (χ3v) is 7.97. The molecule has 0 heterocycles. The lowest BCUT2D eigenvalue weighted by atomic mass is 10.1. The molecule has 2 N–H and O–H groups in total. The van der Waals surface area contributed by atoms with Gasteiger partial charge in [-0.3, -0.25) is 18.6 Å². The summed E-state index contributed by atoms with van der Waals surface area (Å²) >= 11 is 0. The van der Waals surface area contributed by atoms with Crippen molar-refractivity contribution in [3.05, 3.63) is 0 Å². The smallest absolute Gasteiger partial charge is 0.462 e. The molecule has 0 radical (unpaired) electrons. The van der Waals surface area contributed by atoms with Crippen molar-refractivity contribution in [2.45, 2.75) is 168 Å². The highest BCUT2D eigenvalue weighted by Crippen LogP contribution is 2.43. The Morgan fingerprint density at radius 3 is 1.49 bits per heavy atom. The molecule has 0 saturated heterocycles. The van der Waals surface area contributed by atoms with Crippen LogP contribution in [0.25, 0.3) is 0 Å². The molecule has 244 valence electrons.